The number of hydrogen-bond donors (Lipinski definition) is 3. The molecule has 28 heavy (non-hydrogen) atoms. The van der Waals surface area contributed by atoms with Gasteiger partial charge in [0.25, 0.3) is 5.91 Å². The van der Waals surface area contributed by atoms with E-state index in [-0.39, 0.29) is 5.91 Å². The van der Waals surface area contributed by atoms with Gasteiger partial charge in [-0.2, -0.15) is 0 Å². The van der Waals surface area contributed by atoms with E-state index in [4.69, 9.17) is 0 Å². The molecule has 3 N–H and O–H groups in total. The van der Waals surface area contributed by atoms with Gasteiger partial charge < -0.3 is 20.9 Å². The van der Waals surface area contributed by atoms with Crippen LogP contribution in [0.5, 0.6) is 0 Å². The van der Waals surface area contributed by atoms with Crippen molar-refractivity contribution in [1.82, 2.24) is 16.0 Å². The van der Waals surface area contributed by atoms with E-state index in [1.54, 1.807) is 18.4 Å². The molecular formula is C21H29N5OS. The van der Waals surface area contributed by atoms with E-state index in [0.29, 0.717) is 24.7 Å². The van der Waals surface area contributed by atoms with E-state index < -0.39 is 0 Å². The minimum atomic E-state index is -0.0339. The van der Waals surface area contributed by atoms with E-state index in [1.807, 2.05) is 31.2 Å². The molecule has 1 aliphatic heterocycles. The molecule has 2 aromatic rings. The lowest BCUT2D eigenvalue weighted by Crippen LogP contribution is -2.48. The summed E-state index contributed by atoms with van der Waals surface area (Å²) in [5.41, 5.74) is 1.80. The van der Waals surface area contributed by atoms with Crippen molar-refractivity contribution < 1.29 is 4.79 Å². The number of aliphatic imine (C=N–C) groups is 1. The number of hydrogen-bond acceptors (Lipinski definition) is 4. The Morgan fingerprint density at radius 1 is 1.18 bits per heavy atom. The maximum Gasteiger partial charge on any atom is 0.251 e. The van der Waals surface area contributed by atoms with Gasteiger partial charge in [-0.25, -0.2) is 0 Å². The summed E-state index contributed by atoms with van der Waals surface area (Å²) < 4.78 is 0. The number of piperidine rings is 1. The minimum absolute atomic E-state index is 0.0339. The van der Waals surface area contributed by atoms with Gasteiger partial charge in [0.1, 0.15) is 0 Å². The first kappa shape index (κ1) is 20.2. The van der Waals surface area contributed by atoms with E-state index in [2.05, 4.69) is 43.4 Å². The minimum Gasteiger partial charge on any atom is -0.363 e. The van der Waals surface area contributed by atoms with Crippen molar-refractivity contribution in [2.45, 2.75) is 32.4 Å². The van der Waals surface area contributed by atoms with Crippen LogP contribution >= 0.6 is 11.3 Å². The number of nitrogens with one attached hydrogen (secondary N) is 3. The molecule has 3 rings (SSSR count). The second-order valence-electron chi connectivity index (χ2n) is 6.84. The fourth-order valence-corrected chi connectivity index (χ4v) is 4.09. The molecule has 2 heterocycles. The molecule has 1 aliphatic rings. The van der Waals surface area contributed by atoms with Crippen LogP contribution in [-0.2, 0) is 6.54 Å². The first-order valence-electron chi connectivity index (χ1n) is 9.82. The number of nitrogens with zero attached hydrogens (tertiary/aromatic N) is 2. The highest BCUT2D eigenvalue weighted by Gasteiger charge is 2.20. The summed E-state index contributed by atoms with van der Waals surface area (Å²) in [6.45, 7) is 5.35. The highest BCUT2D eigenvalue weighted by Crippen LogP contribution is 2.24. The summed E-state index contributed by atoms with van der Waals surface area (Å²) in [5.74, 6) is 0.788. The normalized spacial score (nSPS) is 15.4. The number of amides is 1. The molecule has 0 bridgehead atoms. The molecule has 1 fully saturated rings. The number of rotatable bonds is 6. The van der Waals surface area contributed by atoms with E-state index >= 15 is 0 Å². The third kappa shape index (κ3) is 5.48. The summed E-state index contributed by atoms with van der Waals surface area (Å²) >= 11 is 1.80. The Morgan fingerprint density at radius 3 is 2.54 bits per heavy atom. The van der Waals surface area contributed by atoms with Gasteiger partial charge in [0.2, 0.25) is 0 Å². The highest BCUT2D eigenvalue weighted by molar-refractivity contribution is 7.14. The zero-order valence-electron chi connectivity index (χ0n) is 16.6. The third-order valence-corrected chi connectivity index (χ3v) is 5.82. The molecule has 0 radical (unpaired) electrons. The van der Waals surface area contributed by atoms with Crippen molar-refractivity contribution in [3.05, 3.63) is 52.9 Å². The summed E-state index contributed by atoms with van der Waals surface area (Å²) in [5, 5.41) is 13.2. The molecule has 1 saturated heterocycles. The quantitative estimate of drug-likeness (QED) is 0.516. The lowest BCUT2D eigenvalue weighted by Gasteiger charge is -2.33. The molecule has 7 heteroatoms. The molecule has 1 aromatic heterocycles. The van der Waals surface area contributed by atoms with Crippen LogP contribution in [0.4, 0.5) is 5.00 Å². The number of benzene rings is 1. The molecule has 1 aromatic carbocycles. The number of carbonyl (C=O) groups excluding carboxylic acids is 1. The van der Waals surface area contributed by atoms with Gasteiger partial charge >= 0.3 is 0 Å². The molecule has 0 saturated carbocycles. The van der Waals surface area contributed by atoms with E-state index in [9.17, 15) is 4.79 Å². The molecule has 0 spiro atoms. The molecule has 0 aliphatic carbocycles. The lowest BCUT2D eigenvalue weighted by molar-refractivity contribution is 0.0956. The molecule has 1 amide bonds. The van der Waals surface area contributed by atoms with Crippen LogP contribution < -0.4 is 20.9 Å². The van der Waals surface area contributed by atoms with Crippen molar-refractivity contribution in [3.63, 3.8) is 0 Å². The zero-order valence-corrected chi connectivity index (χ0v) is 17.4. The van der Waals surface area contributed by atoms with Crippen LogP contribution in [0.1, 0.15) is 35.7 Å². The highest BCUT2D eigenvalue weighted by atomic mass is 32.1. The van der Waals surface area contributed by atoms with Crippen molar-refractivity contribution in [2.75, 3.05) is 31.6 Å². The Hall–Kier alpha value is -2.54. The van der Waals surface area contributed by atoms with Crippen molar-refractivity contribution in [3.8, 4) is 0 Å². The van der Waals surface area contributed by atoms with Gasteiger partial charge in [-0.05, 0) is 55.0 Å². The van der Waals surface area contributed by atoms with Gasteiger partial charge in [-0.15, -0.1) is 11.3 Å². The number of carbonyl (C=O) groups is 1. The summed E-state index contributed by atoms with van der Waals surface area (Å²) in [4.78, 5) is 18.6. The fourth-order valence-electron chi connectivity index (χ4n) is 3.30. The monoisotopic (exact) mass is 399 g/mol. The number of guanidine groups is 1. The smallest absolute Gasteiger partial charge is 0.251 e. The van der Waals surface area contributed by atoms with Crippen molar-refractivity contribution in [2.24, 2.45) is 4.99 Å². The van der Waals surface area contributed by atoms with Gasteiger partial charge in [-0.1, -0.05) is 12.1 Å². The summed E-state index contributed by atoms with van der Waals surface area (Å²) in [6.07, 6.45) is 2.19. The lowest BCUT2D eigenvalue weighted by atomic mass is 10.1. The van der Waals surface area contributed by atoms with E-state index in [0.717, 1.165) is 37.5 Å². The van der Waals surface area contributed by atoms with Crippen LogP contribution in [0.25, 0.3) is 0 Å². The number of thiophene rings is 1. The van der Waals surface area contributed by atoms with Gasteiger partial charge in [0.05, 0.1) is 5.00 Å². The standard InChI is InChI=1S/C21H29N5OS/c1-3-23-20(27)17-8-6-16(7-9-17)15-24-21(22-2)25-18-10-12-26(13-11-18)19-5-4-14-28-19/h4-9,14,18H,3,10-13,15H2,1-2H3,(H,23,27)(H2,22,24,25). The maximum absolute atomic E-state index is 11.8. The third-order valence-electron chi connectivity index (χ3n) is 4.89. The molecular weight excluding hydrogens is 370 g/mol. The first-order chi connectivity index (χ1) is 13.7. The average Bonchev–Trinajstić information content (AvgIpc) is 3.27. The van der Waals surface area contributed by atoms with Crippen LogP contribution in [0.15, 0.2) is 46.8 Å². The molecule has 0 unspecified atom stereocenters. The van der Waals surface area contributed by atoms with Crippen molar-refractivity contribution in [1.29, 1.82) is 0 Å². The SMILES string of the molecule is CCNC(=O)c1ccc(CNC(=NC)NC2CCN(c3cccs3)CC2)cc1. The summed E-state index contributed by atoms with van der Waals surface area (Å²) in [7, 11) is 1.80. The predicted molar refractivity (Wildman–Crippen MR) is 117 cm³/mol. The Balaban J connectivity index is 1.44. The zero-order chi connectivity index (χ0) is 19.8. The Kier molecular flexibility index (Phi) is 7.31. The first-order valence-corrected chi connectivity index (χ1v) is 10.7. The van der Waals surface area contributed by atoms with Gasteiger partial charge in [0, 0.05) is 44.8 Å². The molecule has 0 atom stereocenters. The van der Waals surface area contributed by atoms with Crippen LogP contribution in [-0.4, -0.2) is 44.6 Å². The maximum atomic E-state index is 11.8. The Labute approximate surface area is 171 Å². The summed E-state index contributed by atoms with van der Waals surface area (Å²) in [6, 6.07) is 12.4. The Bertz CT molecular complexity index is 765. The molecule has 150 valence electrons. The topological polar surface area (TPSA) is 68.8 Å². The fraction of sp³-hybridized carbons (Fsp3) is 0.429. The van der Waals surface area contributed by atoms with Crippen LogP contribution in [0.3, 0.4) is 0 Å². The molecule has 6 nitrogen and oxygen atoms in total. The van der Waals surface area contributed by atoms with Crippen LogP contribution in [0, 0.1) is 0 Å². The average molecular weight is 400 g/mol. The second-order valence-corrected chi connectivity index (χ2v) is 7.77. The number of anilines is 1. The van der Waals surface area contributed by atoms with Crippen molar-refractivity contribution >= 4 is 28.2 Å². The second kappa shape index (κ2) is 10.1. The van der Waals surface area contributed by atoms with Gasteiger partial charge in [-0.3, -0.25) is 9.79 Å². The predicted octanol–water partition coefficient (Wildman–Crippen LogP) is 2.83. The Morgan fingerprint density at radius 2 is 1.93 bits per heavy atom. The van der Waals surface area contributed by atoms with Crippen LogP contribution in [0.2, 0.25) is 0 Å². The van der Waals surface area contributed by atoms with Gasteiger partial charge in [0.15, 0.2) is 5.96 Å². The van der Waals surface area contributed by atoms with E-state index in [1.165, 1.54) is 5.00 Å². The largest absolute Gasteiger partial charge is 0.363 e.